The Morgan fingerprint density at radius 2 is 2.04 bits per heavy atom. The molecule has 0 fully saturated rings. The van der Waals surface area contributed by atoms with Gasteiger partial charge in [0.1, 0.15) is 6.61 Å². The van der Waals surface area contributed by atoms with E-state index < -0.39 is 0 Å². The van der Waals surface area contributed by atoms with E-state index in [0.717, 1.165) is 28.5 Å². The van der Waals surface area contributed by atoms with Gasteiger partial charge in [-0.15, -0.1) is 0 Å². The Kier molecular flexibility index (Phi) is 5.29. The van der Waals surface area contributed by atoms with Crippen LogP contribution in [0.15, 0.2) is 48.7 Å². The number of rotatable bonds is 6. The predicted molar refractivity (Wildman–Crippen MR) is 102 cm³/mol. The van der Waals surface area contributed by atoms with Gasteiger partial charge in [0.05, 0.1) is 22.6 Å². The maximum Gasteiger partial charge on any atom is 0.228 e. The van der Waals surface area contributed by atoms with Crippen molar-refractivity contribution in [3.05, 3.63) is 64.8 Å². The zero-order chi connectivity index (χ0) is 17.8. The van der Waals surface area contributed by atoms with Crippen LogP contribution in [0, 0.1) is 6.92 Å². The first-order valence-electron chi connectivity index (χ1n) is 8.36. The highest BCUT2D eigenvalue weighted by molar-refractivity contribution is 6.33. The number of benzene rings is 2. The van der Waals surface area contributed by atoms with E-state index in [-0.39, 0.29) is 12.3 Å². The van der Waals surface area contributed by atoms with E-state index in [1.165, 1.54) is 0 Å². The molecule has 2 aromatic carbocycles. The number of aromatic nitrogens is 1. The molecule has 3 rings (SSSR count). The normalized spacial score (nSPS) is 10.8. The molecule has 0 unspecified atom stereocenters. The van der Waals surface area contributed by atoms with E-state index in [1.807, 2.05) is 49.5 Å². The van der Waals surface area contributed by atoms with E-state index in [2.05, 4.69) is 12.2 Å². The van der Waals surface area contributed by atoms with Gasteiger partial charge in [0.25, 0.3) is 0 Å². The first-order valence-corrected chi connectivity index (χ1v) is 8.74. The summed E-state index contributed by atoms with van der Waals surface area (Å²) < 4.78 is 1.75. The highest BCUT2D eigenvalue weighted by atomic mass is 35.5. The third-order valence-corrected chi connectivity index (χ3v) is 4.27. The lowest BCUT2D eigenvalue weighted by molar-refractivity contribution is -0.115. The van der Waals surface area contributed by atoms with Crippen molar-refractivity contribution in [1.29, 1.82) is 0 Å². The van der Waals surface area contributed by atoms with Crippen LogP contribution in [-0.4, -0.2) is 17.2 Å². The summed E-state index contributed by atoms with van der Waals surface area (Å²) >= 11 is 6.16. The molecule has 25 heavy (non-hydrogen) atoms. The third-order valence-electron chi connectivity index (χ3n) is 3.94. The van der Waals surface area contributed by atoms with E-state index in [4.69, 9.17) is 16.4 Å². The summed E-state index contributed by atoms with van der Waals surface area (Å²) in [5, 5.41) is 4.45. The van der Waals surface area contributed by atoms with Crippen molar-refractivity contribution in [3.63, 3.8) is 0 Å². The van der Waals surface area contributed by atoms with Crippen molar-refractivity contribution in [3.8, 4) is 0 Å². The molecule has 1 N–H and O–H groups in total. The fourth-order valence-corrected chi connectivity index (χ4v) is 2.92. The van der Waals surface area contributed by atoms with E-state index >= 15 is 0 Å². The Hall–Kier alpha value is -2.46. The van der Waals surface area contributed by atoms with Gasteiger partial charge >= 0.3 is 0 Å². The van der Waals surface area contributed by atoms with Crippen LogP contribution in [0.2, 0.25) is 5.02 Å². The molecular weight excluding hydrogens is 336 g/mol. The number of carbonyl (C=O) groups excluding carboxylic acids is 1. The molecule has 1 aromatic heterocycles. The van der Waals surface area contributed by atoms with Crippen LogP contribution in [0.25, 0.3) is 10.9 Å². The molecule has 0 atom stereocenters. The lowest BCUT2D eigenvalue weighted by Gasteiger charge is -2.08. The van der Waals surface area contributed by atoms with Crippen molar-refractivity contribution in [1.82, 2.24) is 4.73 Å². The molecule has 1 amide bonds. The number of nitrogens with one attached hydrogen (secondary N) is 1. The van der Waals surface area contributed by atoms with Gasteiger partial charge in [0.2, 0.25) is 5.91 Å². The van der Waals surface area contributed by atoms with E-state index in [1.54, 1.807) is 10.8 Å². The molecule has 0 saturated carbocycles. The van der Waals surface area contributed by atoms with Gasteiger partial charge < -0.3 is 10.2 Å². The van der Waals surface area contributed by atoms with Gasteiger partial charge in [-0.3, -0.25) is 4.79 Å². The Bertz CT molecular complexity index is 902. The second-order valence-corrected chi connectivity index (χ2v) is 6.45. The van der Waals surface area contributed by atoms with Crippen LogP contribution in [-0.2, 0) is 11.2 Å². The van der Waals surface area contributed by atoms with Crippen LogP contribution in [0.1, 0.15) is 24.5 Å². The van der Waals surface area contributed by atoms with Crippen molar-refractivity contribution in [2.45, 2.75) is 26.7 Å². The Morgan fingerprint density at radius 3 is 2.84 bits per heavy atom. The van der Waals surface area contributed by atoms with E-state index in [9.17, 15) is 4.79 Å². The summed E-state index contributed by atoms with van der Waals surface area (Å²) in [5.74, 6) is -0.106. The second-order valence-electron chi connectivity index (χ2n) is 6.04. The number of carbonyl (C=O) groups is 1. The molecule has 1 heterocycles. The first kappa shape index (κ1) is 17.4. The summed E-state index contributed by atoms with van der Waals surface area (Å²) in [7, 11) is 0. The Balaban J connectivity index is 1.82. The molecule has 5 heteroatoms. The summed E-state index contributed by atoms with van der Waals surface area (Å²) in [5.41, 5.74) is 3.57. The minimum atomic E-state index is -0.106. The first-order chi connectivity index (χ1) is 12.1. The van der Waals surface area contributed by atoms with Crippen molar-refractivity contribution < 1.29 is 9.63 Å². The van der Waals surface area contributed by atoms with Crippen LogP contribution < -0.4 is 10.2 Å². The standard InChI is InChI=1S/C20H21ClN2O2/c1-3-10-25-23-13-15(16-6-4-5-7-19(16)23)12-20(24)22-18-11-14(2)8-9-17(18)21/h4-9,11,13H,3,10,12H2,1-2H3,(H,22,24). The van der Waals surface area contributed by atoms with Crippen LogP contribution >= 0.6 is 11.6 Å². The Labute approximate surface area is 152 Å². The molecule has 4 nitrogen and oxygen atoms in total. The number of nitrogens with zero attached hydrogens (tertiary/aromatic N) is 1. The largest absolute Gasteiger partial charge is 0.414 e. The summed E-state index contributed by atoms with van der Waals surface area (Å²) in [4.78, 5) is 18.2. The Morgan fingerprint density at radius 1 is 1.24 bits per heavy atom. The van der Waals surface area contributed by atoms with Crippen LogP contribution in [0.3, 0.4) is 0 Å². The SMILES string of the molecule is CCCOn1cc(CC(=O)Nc2cc(C)ccc2Cl)c2ccccc21. The van der Waals surface area contributed by atoms with Gasteiger partial charge in [-0.05, 0) is 42.7 Å². The summed E-state index contributed by atoms with van der Waals surface area (Å²) in [6.07, 6.45) is 3.07. The molecule has 3 aromatic rings. The fourth-order valence-electron chi connectivity index (χ4n) is 2.76. The average Bonchev–Trinajstić information content (AvgIpc) is 2.94. The van der Waals surface area contributed by atoms with Gasteiger partial charge in [-0.1, -0.05) is 42.8 Å². The predicted octanol–water partition coefficient (Wildman–Crippen LogP) is 4.62. The molecule has 0 saturated heterocycles. The molecule has 0 bridgehead atoms. The van der Waals surface area contributed by atoms with Crippen LogP contribution in [0.4, 0.5) is 5.69 Å². The molecule has 0 spiro atoms. The zero-order valence-electron chi connectivity index (χ0n) is 14.4. The number of fused-ring (bicyclic) bond motifs is 1. The summed E-state index contributed by atoms with van der Waals surface area (Å²) in [6.45, 7) is 4.65. The molecule has 0 aliphatic heterocycles. The lowest BCUT2D eigenvalue weighted by Crippen LogP contribution is -2.15. The molecular formula is C20H21ClN2O2. The van der Waals surface area contributed by atoms with Crippen molar-refractivity contribution >= 4 is 34.1 Å². The maximum atomic E-state index is 12.5. The van der Waals surface area contributed by atoms with Crippen molar-refractivity contribution in [2.24, 2.45) is 0 Å². The molecule has 0 aliphatic carbocycles. The number of hydrogen-bond acceptors (Lipinski definition) is 2. The molecule has 130 valence electrons. The van der Waals surface area contributed by atoms with Crippen molar-refractivity contribution in [2.75, 3.05) is 11.9 Å². The van der Waals surface area contributed by atoms with E-state index in [0.29, 0.717) is 17.3 Å². The van der Waals surface area contributed by atoms with Gasteiger partial charge in [0, 0.05) is 11.6 Å². The fraction of sp³-hybridized carbons (Fsp3) is 0.250. The molecule has 0 aliphatic rings. The smallest absolute Gasteiger partial charge is 0.228 e. The number of anilines is 1. The number of para-hydroxylation sites is 1. The number of halogens is 1. The monoisotopic (exact) mass is 356 g/mol. The molecule has 0 radical (unpaired) electrons. The van der Waals surface area contributed by atoms with Gasteiger partial charge in [0.15, 0.2) is 0 Å². The highest BCUT2D eigenvalue weighted by Gasteiger charge is 2.13. The number of aryl methyl sites for hydroxylation is 1. The lowest BCUT2D eigenvalue weighted by atomic mass is 10.1. The summed E-state index contributed by atoms with van der Waals surface area (Å²) in [6, 6.07) is 13.5. The van der Waals surface area contributed by atoms with Gasteiger partial charge in [-0.25, -0.2) is 0 Å². The topological polar surface area (TPSA) is 43.3 Å². The number of hydrogen-bond donors (Lipinski definition) is 1. The zero-order valence-corrected chi connectivity index (χ0v) is 15.1. The average molecular weight is 357 g/mol. The minimum Gasteiger partial charge on any atom is -0.414 e. The minimum absolute atomic E-state index is 0.106. The number of amides is 1. The maximum absolute atomic E-state index is 12.5. The van der Waals surface area contributed by atoms with Crippen LogP contribution in [0.5, 0.6) is 0 Å². The quantitative estimate of drug-likeness (QED) is 0.700. The van der Waals surface area contributed by atoms with Gasteiger partial charge in [-0.2, -0.15) is 4.73 Å². The third kappa shape index (κ3) is 3.97. The highest BCUT2D eigenvalue weighted by Crippen LogP contribution is 2.24. The second kappa shape index (κ2) is 7.62.